The molecule has 3 N–H and O–H groups in total. The van der Waals surface area contributed by atoms with Crippen molar-refractivity contribution in [3.63, 3.8) is 0 Å². The fraction of sp³-hybridized carbons (Fsp3) is 0.474. The number of aromatic nitrogens is 1. The Labute approximate surface area is 154 Å². The van der Waals surface area contributed by atoms with Crippen molar-refractivity contribution in [3.8, 4) is 0 Å². The van der Waals surface area contributed by atoms with Gasteiger partial charge in [0, 0.05) is 30.7 Å². The van der Waals surface area contributed by atoms with Gasteiger partial charge >= 0.3 is 0 Å². The maximum Gasteiger partial charge on any atom is 0.231 e. The van der Waals surface area contributed by atoms with E-state index in [0.717, 1.165) is 42.9 Å². The predicted octanol–water partition coefficient (Wildman–Crippen LogP) is 3.48. The molecule has 0 atom stereocenters. The standard InChI is InChI=1S/C19H28N4OS/c1-4-19(5-2,13-20)18(24)22-16-8-6-7-15(9-16)10-23(3)11-17-12-25-14-21-17/h6-9,12,14H,4-5,10-11,13,20H2,1-3H3,(H,22,24). The largest absolute Gasteiger partial charge is 0.329 e. The maximum absolute atomic E-state index is 12.7. The molecule has 1 aromatic carbocycles. The Bertz CT molecular complexity index is 660. The lowest BCUT2D eigenvalue weighted by atomic mass is 9.81. The van der Waals surface area contributed by atoms with Crippen LogP contribution in [0.2, 0.25) is 0 Å². The number of hydrogen-bond acceptors (Lipinski definition) is 5. The van der Waals surface area contributed by atoms with Gasteiger partial charge in [0.2, 0.25) is 5.91 Å². The Balaban J connectivity index is 2.02. The van der Waals surface area contributed by atoms with Gasteiger partial charge in [0.25, 0.3) is 0 Å². The summed E-state index contributed by atoms with van der Waals surface area (Å²) in [6.45, 7) is 5.99. The molecule has 0 aliphatic carbocycles. The number of carbonyl (C=O) groups is 1. The van der Waals surface area contributed by atoms with Crippen LogP contribution in [0, 0.1) is 5.41 Å². The van der Waals surface area contributed by atoms with Crippen LogP contribution in [0.4, 0.5) is 5.69 Å². The first-order valence-electron chi connectivity index (χ1n) is 8.69. The highest BCUT2D eigenvalue weighted by Crippen LogP contribution is 2.27. The van der Waals surface area contributed by atoms with Crippen LogP contribution in [0.5, 0.6) is 0 Å². The minimum absolute atomic E-state index is 0.00739. The Morgan fingerprint density at radius 2 is 2.08 bits per heavy atom. The molecule has 0 aliphatic heterocycles. The Morgan fingerprint density at radius 3 is 2.68 bits per heavy atom. The molecule has 6 heteroatoms. The second kappa shape index (κ2) is 9.08. The van der Waals surface area contributed by atoms with E-state index in [1.807, 2.05) is 37.6 Å². The third kappa shape index (κ3) is 5.11. The number of amides is 1. The van der Waals surface area contributed by atoms with Crippen molar-refractivity contribution < 1.29 is 4.79 Å². The lowest BCUT2D eigenvalue weighted by Gasteiger charge is -2.28. The molecule has 1 aromatic heterocycles. The maximum atomic E-state index is 12.7. The van der Waals surface area contributed by atoms with Gasteiger partial charge in [-0.05, 0) is 37.6 Å². The van der Waals surface area contributed by atoms with Crippen molar-refractivity contribution in [2.75, 3.05) is 18.9 Å². The van der Waals surface area contributed by atoms with Crippen LogP contribution in [-0.2, 0) is 17.9 Å². The summed E-state index contributed by atoms with van der Waals surface area (Å²) in [6.07, 6.45) is 1.48. The molecule has 25 heavy (non-hydrogen) atoms. The number of hydrogen-bond donors (Lipinski definition) is 2. The number of rotatable bonds is 9. The van der Waals surface area contributed by atoms with E-state index in [2.05, 4.69) is 33.7 Å². The molecule has 0 unspecified atom stereocenters. The first-order valence-corrected chi connectivity index (χ1v) is 9.63. The lowest BCUT2D eigenvalue weighted by molar-refractivity contribution is -0.125. The highest BCUT2D eigenvalue weighted by atomic mass is 32.1. The van der Waals surface area contributed by atoms with Crippen LogP contribution in [-0.4, -0.2) is 29.4 Å². The summed E-state index contributed by atoms with van der Waals surface area (Å²) in [5, 5.41) is 5.11. The summed E-state index contributed by atoms with van der Waals surface area (Å²) in [6, 6.07) is 8.00. The van der Waals surface area contributed by atoms with Crippen LogP contribution in [0.15, 0.2) is 35.2 Å². The first-order chi connectivity index (χ1) is 12.0. The predicted molar refractivity (Wildman–Crippen MR) is 104 cm³/mol. The number of anilines is 1. The highest BCUT2D eigenvalue weighted by Gasteiger charge is 2.33. The summed E-state index contributed by atoms with van der Waals surface area (Å²) in [7, 11) is 2.07. The summed E-state index contributed by atoms with van der Waals surface area (Å²) >= 11 is 1.61. The summed E-state index contributed by atoms with van der Waals surface area (Å²) in [5.41, 5.74) is 10.3. The zero-order chi connectivity index (χ0) is 18.3. The van der Waals surface area contributed by atoms with Crippen LogP contribution < -0.4 is 11.1 Å². The van der Waals surface area contributed by atoms with Crippen molar-refractivity contribution in [3.05, 3.63) is 46.4 Å². The van der Waals surface area contributed by atoms with Crippen LogP contribution in [0.25, 0.3) is 0 Å². The van der Waals surface area contributed by atoms with Gasteiger partial charge in [-0.2, -0.15) is 0 Å². The fourth-order valence-corrected chi connectivity index (χ4v) is 3.47. The quantitative estimate of drug-likeness (QED) is 0.718. The zero-order valence-electron chi connectivity index (χ0n) is 15.3. The molecule has 2 aromatic rings. The molecular weight excluding hydrogens is 332 g/mol. The molecule has 2 rings (SSSR count). The molecule has 0 saturated heterocycles. The average molecular weight is 361 g/mol. The molecule has 0 bridgehead atoms. The third-order valence-corrected chi connectivity index (χ3v) is 5.41. The van der Waals surface area contributed by atoms with Crippen molar-refractivity contribution in [1.29, 1.82) is 0 Å². The molecule has 5 nitrogen and oxygen atoms in total. The van der Waals surface area contributed by atoms with Gasteiger partial charge in [-0.1, -0.05) is 26.0 Å². The molecule has 0 saturated carbocycles. The van der Waals surface area contributed by atoms with Gasteiger partial charge in [-0.25, -0.2) is 4.98 Å². The van der Waals surface area contributed by atoms with Crippen LogP contribution >= 0.6 is 11.3 Å². The number of benzene rings is 1. The normalized spacial score (nSPS) is 11.7. The Hall–Kier alpha value is -1.76. The molecule has 1 heterocycles. The van der Waals surface area contributed by atoms with E-state index in [-0.39, 0.29) is 5.91 Å². The fourth-order valence-electron chi connectivity index (χ4n) is 2.92. The van der Waals surface area contributed by atoms with E-state index in [4.69, 9.17) is 5.73 Å². The van der Waals surface area contributed by atoms with Gasteiger partial charge in [0.1, 0.15) is 0 Å². The summed E-state index contributed by atoms with van der Waals surface area (Å²) < 4.78 is 0. The van der Waals surface area contributed by atoms with Crippen LogP contribution in [0.3, 0.4) is 0 Å². The van der Waals surface area contributed by atoms with E-state index >= 15 is 0 Å². The van der Waals surface area contributed by atoms with E-state index in [1.165, 1.54) is 0 Å². The van der Waals surface area contributed by atoms with E-state index in [9.17, 15) is 4.79 Å². The first kappa shape index (κ1) is 19.6. The minimum Gasteiger partial charge on any atom is -0.329 e. The van der Waals surface area contributed by atoms with Crippen molar-refractivity contribution in [2.24, 2.45) is 11.1 Å². The van der Waals surface area contributed by atoms with E-state index < -0.39 is 5.41 Å². The minimum atomic E-state index is -0.489. The molecule has 1 amide bonds. The summed E-state index contributed by atoms with van der Waals surface area (Å²) in [4.78, 5) is 19.2. The van der Waals surface area contributed by atoms with Crippen LogP contribution in [0.1, 0.15) is 37.9 Å². The van der Waals surface area contributed by atoms with Gasteiger partial charge in [-0.15, -0.1) is 11.3 Å². The topological polar surface area (TPSA) is 71.2 Å². The number of nitrogens with one attached hydrogen (secondary N) is 1. The smallest absolute Gasteiger partial charge is 0.231 e. The Kier molecular flexibility index (Phi) is 7.11. The van der Waals surface area contributed by atoms with E-state index in [1.54, 1.807) is 11.3 Å². The third-order valence-electron chi connectivity index (χ3n) is 4.78. The number of thiazole rings is 1. The molecular formula is C19H28N4OS. The Morgan fingerprint density at radius 1 is 1.32 bits per heavy atom. The highest BCUT2D eigenvalue weighted by molar-refractivity contribution is 7.07. The SMILES string of the molecule is CCC(CC)(CN)C(=O)Nc1cccc(CN(C)Cc2cscn2)c1. The van der Waals surface area contributed by atoms with Gasteiger partial charge in [0.05, 0.1) is 16.6 Å². The van der Waals surface area contributed by atoms with Crippen molar-refractivity contribution in [1.82, 2.24) is 9.88 Å². The molecule has 0 aliphatic rings. The lowest BCUT2D eigenvalue weighted by Crippen LogP contribution is -2.41. The van der Waals surface area contributed by atoms with Crippen molar-refractivity contribution in [2.45, 2.75) is 39.8 Å². The average Bonchev–Trinajstić information content (AvgIpc) is 3.10. The number of nitrogens with two attached hydrogens (primary N) is 1. The molecule has 0 radical (unpaired) electrons. The molecule has 136 valence electrons. The second-order valence-electron chi connectivity index (χ2n) is 6.50. The second-order valence-corrected chi connectivity index (χ2v) is 7.22. The van der Waals surface area contributed by atoms with Gasteiger partial charge in [0.15, 0.2) is 0 Å². The number of carbonyl (C=O) groups excluding carboxylic acids is 1. The van der Waals surface area contributed by atoms with Gasteiger partial charge in [-0.3, -0.25) is 9.69 Å². The molecule has 0 spiro atoms. The monoisotopic (exact) mass is 360 g/mol. The summed E-state index contributed by atoms with van der Waals surface area (Å²) in [5.74, 6) is 0.00739. The zero-order valence-corrected chi connectivity index (χ0v) is 16.1. The van der Waals surface area contributed by atoms with E-state index in [0.29, 0.717) is 6.54 Å². The number of nitrogens with zero attached hydrogens (tertiary/aromatic N) is 2. The van der Waals surface area contributed by atoms with Crippen molar-refractivity contribution >= 4 is 22.9 Å². The van der Waals surface area contributed by atoms with Gasteiger partial charge < -0.3 is 11.1 Å². The molecule has 0 fully saturated rings.